The summed E-state index contributed by atoms with van der Waals surface area (Å²) in [5.41, 5.74) is 14.2. The number of benzene rings is 2. The summed E-state index contributed by atoms with van der Waals surface area (Å²) < 4.78 is 0. The van der Waals surface area contributed by atoms with Crippen LogP contribution in [0.5, 0.6) is 0 Å². The zero-order chi connectivity index (χ0) is 17.3. The lowest BCUT2D eigenvalue weighted by molar-refractivity contribution is 0.0993. The molecule has 1 atom stereocenters. The molecule has 3 aromatic rings. The minimum Gasteiger partial charge on any atom is -0.364 e. The summed E-state index contributed by atoms with van der Waals surface area (Å²) in [5.74, 6) is -0.124. The number of aromatic amines is 1. The van der Waals surface area contributed by atoms with Gasteiger partial charge in [0.1, 0.15) is 5.69 Å². The SMILES string of the molecule is CC(C)C(N)c1ccc2[nH]c(C(N)=O)c(Sc3ccccc3)c2c1. The van der Waals surface area contributed by atoms with Crippen molar-refractivity contribution in [2.75, 3.05) is 0 Å². The monoisotopic (exact) mass is 339 g/mol. The fourth-order valence-electron chi connectivity index (χ4n) is 2.66. The highest BCUT2D eigenvalue weighted by molar-refractivity contribution is 7.99. The highest BCUT2D eigenvalue weighted by Crippen LogP contribution is 2.37. The van der Waals surface area contributed by atoms with Crippen LogP contribution in [0.25, 0.3) is 10.9 Å². The lowest BCUT2D eigenvalue weighted by Crippen LogP contribution is -2.16. The predicted octanol–water partition coefficient (Wildman–Crippen LogP) is 4.07. The quantitative estimate of drug-likeness (QED) is 0.655. The van der Waals surface area contributed by atoms with Gasteiger partial charge in [0.2, 0.25) is 0 Å². The molecule has 124 valence electrons. The van der Waals surface area contributed by atoms with Crippen molar-refractivity contribution in [2.45, 2.75) is 29.7 Å². The van der Waals surface area contributed by atoms with Crippen molar-refractivity contribution < 1.29 is 4.79 Å². The summed E-state index contributed by atoms with van der Waals surface area (Å²) in [5, 5.41) is 0.978. The van der Waals surface area contributed by atoms with Gasteiger partial charge in [-0.2, -0.15) is 0 Å². The van der Waals surface area contributed by atoms with Crippen LogP contribution in [0.4, 0.5) is 0 Å². The zero-order valence-corrected chi connectivity index (χ0v) is 14.6. The third-order valence-corrected chi connectivity index (χ3v) is 5.22. The second-order valence-corrected chi connectivity index (χ2v) is 7.27. The fourth-order valence-corrected chi connectivity index (χ4v) is 3.72. The third kappa shape index (κ3) is 3.18. The third-order valence-electron chi connectivity index (χ3n) is 4.09. The largest absolute Gasteiger partial charge is 0.364 e. The van der Waals surface area contributed by atoms with Gasteiger partial charge in [0.15, 0.2) is 0 Å². The molecular weight excluding hydrogens is 318 g/mol. The first kappa shape index (κ1) is 16.6. The molecule has 0 bridgehead atoms. The molecule has 0 aliphatic heterocycles. The van der Waals surface area contributed by atoms with Gasteiger partial charge in [0, 0.05) is 21.8 Å². The molecule has 0 saturated heterocycles. The maximum atomic E-state index is 11.9. The molecule has 0 spiro atoms. The van der Waals surface area contributed by atoms with Gasteiger partial charge >= 0.3 is 0 Å². The molecule has 5 N–H and O–H groups in total. The fraction of sp³-hybridized carbons (Fsp3) is 0.211. The smallest absolute Gasteiger partial charge is 0.266 e. The molecule has 2 aromatic carbocycles. The molecule has 1 heterocycles. The van der Waals surface area contributed by atoms with Crippen molar-refractivity contribution >= 4 is 28.6 Å². The zero-order valence-electron chi connectivity index (χ0n) is 13.7. The first-order valence-electron chi connectivity index (χ1n) is 7.91. The summed E-state index contributed by atoms with van der Waals surface area (Å²) in [4.78, 5) is 16.9. The molecule has 1 amide bonds. The number of primary amides is 1. The maximum Gasteiger partial charge on any atom is 0.266 e. The first-order chi connectivity index (χ1) is 11.5. The van der Waals surface area contributed by atoms with Crippen LogP contribution in [0.3, 0.4) is 0 Å². The van der Waals surface area contributed by atoms with Gasteiger partial charge in [-0.1, -0.05) is 49.9 Å². The molecule has 24 heavy (non-hydrogen) atoms. The van der Waals surface area contributed by atoms with E-state index in [1.165, 1.54) is 11.8 Å². The number of aromatic nitrogens is 1. The minimum absolute atomic E-state index is 0.0455. The maximum absolute atomic E-state index is 11.9. The van der Waals surface area contributed by atoms with Crippen LogP contribution < -0.4 is 11.5 Å². The standard InChI is InChI=1S/C19H21N3OS/c1-11(2)16(20)12-8-9-15-14(10-12)18(17(22-15)19(21)23)24-13-6-4-3-5-7-13/h3-11,16,22H,20H2,1-2H3,(H2,21,23). The second-order valence-electron chi connectivity index (χ2n) is 6.18. The van der Waals surface area contributed by atoms with Crippen LogP contribution in [-0.2, 0) is 0 Å². The summed E-state index contributed by atoms with van der Waals surface area (Å²) in [6.07, 6.45) is 0. The Bertz CT molecular complexity index is 871. The van der Waals surface area contributed by atoms with Crippen molar-refractivity contribution in [3.63, 3.8) is 0 Å². The van der Waals surface area contributed by atoms with Crippen LogP contribution in [0.2, 0.25) is 0 Å². The molecule has 4 nitrogen and oxygen atoms in total. The van der Waals surface area contributed by atoms with Crippen molar-refractivity contribution in [3.05, 3.63) is 59.8 Å². The number of hydrogen-bond acceptors (Lipinski definition) is 3. The second kappa shape index (κ2) is 6.71. The molecule has 1 aromatic heterocycles. The van der Waals surface area contributed by atoms with Crippen LogP contribution in [0.1, 0.15) is 35.9 Å². The van der Waals surface area contributed by atoms with Gasteiger partial charge < -0.3 is 16.5 Å². The number of fused-ring (bicyclic) bond motifs is 1. The Labute approximate surface area is 145 Å². The average Bonchev–Trinajstić information content (AvgIpc) is 2.93. The summed E-state index contributed by atoms with van der Waals surface area (Å²) in [7, 11) is 0. The van der Waals surface area contributed by atoms with E-state index >= 15 is 0 Å². The van der Waals surface area contributed by atoms with E-state index in [4.69, 9.17) is 11.5 Å². The Balaban J connectivity index is 2.14. The van der Waals surface area contributed by atoms with Gasteiger partial charge in [-0.05, 0) is 35.7 Å². The van der Waals surface area contributed by atoms with Gasteiger partial charge in [0.05, 0.1) is 4.90 Å². The molecule has 3 rings (SSSR count). The van der Waals surface area contributed by atoms with Crippen molar-refractivity contribution in [1.82, 2.24) is 4.98 Å². The Hall–Kier alpha value is -2.24. The van der Waals surface area contributed by atoms with E-state index in [0.29, 0.717) is 11.6 Å². The highest BCUT2D eigenvalue weighted by Gasteiger charge is 2.19. The molecule has 0 radical (unpaired) electrons. The van der Waals surface area contributed by atoms with E-state index in [2.05, 4.69) is 24.9 Å². The van der Waals surface area contributed by atoms with E-state index in [1.54, 1.807) is 0 Å². The molecule has 0 aliphatic carbocycles. The van der Waals surface area contributed by atoms with Crippen molar-refractivity contribution in [2.24, 2.45) is 17.4 Å². The topological polar surface area (TPSA) is 84.9 Å². The van der Waals surface area contributed by atoms with Crippen molar-refractivity contribution in [3.8, 4) is 0 Å². The Morgan fingerprint density at radius 2 is 1.83 bits per heavy atom. The van der Waals surface area contributed by atoms with Gasteiger partial charge in [-0.15, -0.1) is 0 Å². The Morgan fingerprint density at radius 3 is 2.46 bits per heavy atom. The number of nitrogens with two attached hydrogens (primary N) is 2. The van der Waals surface area contributed by atoms with E-state index in [9.17, 15) is 4.79 Å². The Morgan fingerprint density at radius 1 is 1.12 bits per heavy atom. The number of hydrogen-bond donors (Lipinski definition) is 3. The van der Waals surface area contributed by atoms with Gasteiger partial charge in [-0.3, -0.25) is 4.79 Å². The minimum atomic E-state index is -0.459. The van der Waals surface area contributed by atoms with Crippen LogP contribution >= 0.6 is 11.8 Å². The van der Waals surface area contributed by atoms with Crippen LogP contribution in [-0.4, -0.2) is 10.9 Å². The lowest BCUT2D eigenvalue weighted by Gasteiger charge is -2.16. The average molecular weight is 339 g/mol. The summed E-state index contributed by atoms with van der Waals surface area (Å²) in [6.45, 7) is 4.20. The molecule has 5 heteroatoms. The van der Waals surface area contributed by atoms with Gasteiger partial charge in [-0.25, -0.2) is 0 Å². The van der Waals surface area contributed by atoms with E-state index in [1.807, 2.05) is 42.5 Å². The summed E-state index contributed by atoms with van der Waals surface area (Å²) >= 11 is 1.53. The molecule has 0 aliphatic rings. The summed E-state index contributed by atoms with van der Waals surface area (Å²) in [6, 6.07) is 15.9. The van der Waals surface area contributed by atoms with E-state index in [-0.39, 0.29) is 6.04 Å². The predicted molar refractivity (Wildman–Crippen MR) is 99.1 cm³/mol. The van der Waals surface area contributed by atoms with E-state index in [0.717, 1.165) is 26.3 Å². The molecular formula is C19H21N3OS. The first-order valence-corrected chi connectivity index (χ1v) is 8.73. The normalized spacial score (nSPS) is 12.7. The van der Waals surface area contributed by atoms with Crippen LogP contribution in [0, 0.1) is 5.92 Å². The molecule has 1 unspecified atom stereocenters. The van der Waals surface area contributed by atoms with E-state index < -0.39 is 5.91 Å². The Kier molecular flexibility index (Phi) is 4.64. The number of carbonyl (C=O) groups excluding carboxylic acids is 1. The number of nitrogens with one attached hydrogen (secondary N) is 1. The van der Waals surface area contributed by atoms with Crippen molar-refractivity contribution in [1.29, 1.82) is 0 Å². The number of H-pyrrole nitrogens is 1. The molecule has 0 fully saturated rings. The number of amides is 1. The number of carbonyl (C=O) groups is 1. The highest BCUT2D eigenvalue weighted by atomic mass is 32.2. The molecule has 0 saturated carbocycles. The van der Waals surface area contributed by atoms with Crippen LogP contribution in [0.15, 0.2) is 58.3 Å². The lowest BCUT2D eigenvalue weighted by atomic mass is 9.96. The van der Waals surface area contributed by atoms with Gasteiger partial charge in [0.25, 0.3) is 5.91 Å². The number of rotatable bonds is 5.